The Balaban J connectivity index is 1.58. The van der Waals surface area contributed by atoms with Gasteiger partial charge in [0.15, 0.2) is 6.10 Å². The fourth-order valence-corrected chi connectivity index (χ4v) is 5.75. The zero-order valence-electron chi connectivity index (χ0n) is 19.8. The molecule has 10 heteroatoms. The van der Waals surface area contributed by atoms with E-state index in [1.54, 1.807) is 49.4 Å². The molecule has 2 aliphatic heterocycles. The predicted molar refractivity (Wildman–Crippen MR) is 132 cm³/mol. The van der Waals surface area contributed by atoms with Gasteiger partial charge in [-0.3, -0.25) is 4.79 Å². The Morgan fingerprint density at radius 2 is 1.74 bits per heavy atom. The van der Waals surface area contributed by atoms with Gasteiger partial charge in [-0.05, 0) is 62.2 Å². The van der Waals surface area contributed by atoms with Gasteiger partial charge in [0, 0.05) is 26.2 Å². The summed E-state index contributed by atoms with van der Waals surface area (Å²) < 4.78 is 39.3. The minimum atomic E-state index is -3.66. The zero-order chi connectivity index (χ0) is 24.8. The van der Waals surface area contributed by atoms with Gasteiger partial charge in [-0.15, -0.1) is 0 Å². The standard InChI is InChI=1S/C25H30N4O5S/c1-19(34-21-7-5-20(18-26)6-8-21)25(30)27-23-17-22(35(31,32)29-11-3-2-4-12-29)9-10-24(23)28-13-15-33-16-14-28/h5-10,17,19H,2-4,11-16H2,1H3,(H,27,30)/t19-/m0/s1. The van der Waals surface area contributed by atoms with E-state index in [1.807, 2.05) is 6.07 Å². The third kappa shape index (κ3) is 5.93. The molecular formula is C25H30N4O5S. The maximum Gasteiger partial charge on any atom is 0.265 e. The normalized spacial score (nSPS) is 17.9. The Bertz CT molecular complexity index is 1180. The number of hydrogen-bond donors (Lipinski definition) is 1. The fourth-order valence-electron chi connectivity index (χ4n) is 4.21. The van der Waals surface area contributed by atoms with Gasteiger partial charge in [-0.1, -0.05) is 6.42 Å². The SMILES string of the molecule is C[C@H](Oc1ccc(C#N)cc1)C(=O)Nc1cc(S(=O)(=O)N2CCCCC2)ccc1N1CCOCC1. The third-order valence-corrected chi connectivity index (χ3v) is 8.09. The van der Waals surface area contributed by atoms with E-state index in [2.05, 4.69) is 10.2 Å². The van der Waals surface area contributed by atoms with Crippen molar-refractivity contribution in [3.63, 3.8) is 0 Å². The molecule has 0 radical (unpaired) electrons. The number of amides is 1. The van der Waals surface area contributed by atoms with E-state index >= 15 is 0 Å². The first kappa shape index (κ1) is 25.0. The summed E-state index contributed by atoms with van der Waals surface area (Å²) in [5.74, 6) is 0.0536. The second-order valence-corrected chi connectivity index (χ2v) is 10.6. The lowest BCUT2D eigenvalue weighted by atomic mass is 10.2. The Hall–Kier alpha value is -3.13. The third-order valence-electron chi connectivity index (χ3n) is 6.20. The van der Waals surface area contributed by atoms with Crippen LogP contribution < -0.4 is 15.0 Å². The predicted octanol–water partition coefficient (Wildman–Crippen LogP) is 2.98. The lowest BCUT2D eigenvalue weighted by molar-refractivity contribution is -0.122. The maximum absolute atomic E-state index is 13.3. The molecule has 0 aliphatic carbocycles. The van der Waals surface area contributed by atoms with Crippen molar-refractivity contribution in [2.75, 3.05) is 49.6 Å². The van der Waals surface area contributed by atoms with Crippen molar-refractivity contribution in [3.8, 4) is 11.8 Å². The molecule has 35 heavy (non-hydrogen) atoms. The average molecular weight is 499 g/mol. The van der Waals surface area contributed by atoms with Crippen molar-refractivity contribution in [3.05, 3.63) is 48.0 Å². The Morgan fingerprint density at radius 1 is 1.06 bits per heavy atom. The molecule has 186 valence electrons. The highest BCUT2D eigenvalue weighted by Gasteiger charge is 2.28. The topological polar surface area (TPSA) is 112 Å². The number of carbonyl (C=O) groups excluding carboxylic acids is 1. The smallest absolute Gasteiger partial charge is 0.265 e. The number of carbonyl (C=O) groups is 1. The summed E-state index contributed by atoms with van der Waals surface area (Å²) in [7, 11) is -3.66. The molecule has 2 fully saturated rings. The molecule has 0 bridgehead atoms. The summed E-state index contributed by atoms with van der Waals surface area (Å²) >= 11 is 0. The Kier molecular flexibility index (Phi) is 7.90. The minimum absolute atomic E-state index is 0.160. The van der Waals surface area contributed by atoms with Crippen molar-refractivity contribution < 1.29 is 22.7 Å². The number of nitrogens with zero attached hydrogens (tertiary/aromatic N) is 3. The minimum Gasteiger partial charge on any atom is -0.481 e. The van der Waals surface area contributed by atoms with Crippen molar-refractivity contribution in [1.82, 2.24) is 4.31 Å². The van der Waals surface area contributed by atoms with Crippen LogP contribution in [0, 0.1) is 11.3 Å². The molecule has 0 spiro atoms. The fraction of sp³-hybridized carbons (Fsp3) is 0.440. The number of hydrogen-bond acceptors (Lipinski definition) is 7. The monoisotopic (exact) mass is 498 g/mol. The summed E-state index contributed by atoms with van der Waals surface area (Å²) in [5, 5.41) is 11.8. The number of anilines is 2. The molecule has 0 unspecified atom stereocenters. The van der Waals surface area contributed by atoms with Gasteiger partial charge in [0.2, 0.25) is 10.0 Å². The summed E-state index contributed by atoms with van der Waals surface area (Å²) in [5.41, 5.74) is 1.66. The van der Waals surface area contributed by atoms with E-state index in [4.69, 9.17) is 14.7 Å². The van der Waals surface area contributed by atoms with Crippen LogP contribution in [0.15, 0.2) is 47.4 Å². The van der Waals surface area contributed by atoms with Crippen LogP contribution in [0.4, 0.5) is 11.4 Å². The second kappa shape index (κ2) is 11.1. The van der Waals surface area contributed by atoms with Gasteiger partial charge in [0.25, 0.3) is 5.91 Å². The number of piperidine rings is 1. The van der Waals surface area contributed by atoms with E-state index < -0.39 is 22.0 Å². The van der Waals surface area contributed by atoms with E-state index in [9.17, 15) is 13.2 Å². The molecule has 2 aliphatic rings. The molecule has 4 rings (SSSR count). The first-order valence-electron chi connectivity index (χ1n) is 11.8. The van der Waals surface area contributed by atoms with Crippen LogP contribution in [0.1, 0.15) is 31.7 Å². The zero-order valence-corrected chi connectivity index (χ0v) is 20.6. The van der Waals surface area contributed by atoms with Crippen molar-refractivity contribution in [2.24, 2.45) is 0 Å². The molecule has 1 amide bonds. The van der Waals surface area contributed by atoms with Crippen LogP contribution in [0.2, 0.25) is 0 Å². The highest BCUT2D eigenvalue weighted by atomic mass is 32.2. The summed E-state index contributed by atoms with van der Waals surface area (Å²) in [6.45, 7) is 5.02. The molecule has 0 aromatic heterocycles. The summed E-state index contributed by atoms with van der Waals surface area (Å²) in [4.78, 5) is 15.3. The van der Waals surface area contributed by atoms with Gasteiger partial charge >= 0.3 is 0 Å². The Morgan fingerprint density at radius 3 is 2.40 bits per heavy atom. The number of morpholine rings is 1. The number of nitriles is 1. The molecule has 2 heterocycles. The number of rotatable bonds is 7. The molecule has 0 saturated carbocycles. The number of benzene rings is 2. The second-order valence-electron chi connectivity index (χ2n) is 8.63. The number of ether oxygens (including phenoxy) is 2. The quantitative estimate of drug-likeness (QED) is 0.625. The van der Waals surface area contributed by atoms with E-state index in [1.165, 1.54) is 4.31 Å². The van der Waals surface area contributed by atoms with Crippen molar-refractivity contribution in [2.45, 2.75) is 37.2 Å². The molecule has 2 saturated heterocycles. The summed E-state index contributed by atoms with van der Waals surface area (Å²) in [6.07, 6.45) is 1.88. The number of sulfonamides is 1. The van der Waals surface area contributed by atoms with Crippen LogP contribution >= 0.6 is 0 Å². The van der Waals surface area contributed by atoms with Crippen molar-refractivity contribution in [1.29, 1.82) is 5.26 Å². The first-order chi connectivity index (χ1) is 16.9. The van der Waals surface area contributed by atoms with Crippen LogP contribution in [0.25, 0.3) is 0 Å². The van der Waals surface area contributed by atoms with Gasteiger partial charge in [0.05, 0.1) is 41.1 Å². The van der Waals surface area contributed by atoms with E-state index in [-0.39, 0.29) is 4.90 Å². The lowest BCUT2D eigenvalue weighted by Gasteiger charge is -2.31. The highest BCUT2D eigenvalue weighted by Crippen LogP contribution is 2.32. The van der Waals surface area contributed by atoms with E-state index in [0.717, 1.165) is 24.9 Å². The summed E-state index contributed by atoms with van der Waals surface area (Å²) in [6, 6.07) is 13.4. The van der Waals surface area contributed by atoms with Crippen LogP contribution in [0.5, 0.6) is 5.75 Å². The van der Waals surface area contributed by atoms with Crippen LogP contribution in [-0.4, -0.2) is 64.1 Å². The van der Waals surface area contributed by atoms with Gasteiger partial charge in [-0.25, -0.2) is 8.42 Å². The van der Waals surface area contributed by atoms with Gasteiger partial charge < -0.3 is 19.7 Å². The van der Waals surface area contributed by atoms with Crippen LogP contribution in [0.3, 0.4) is 0 Å². The lowest BCUT2D eigenvalue weighted by Crippen LogP contribution is -2.38. The van der Waals surface area contributed by atoms with Crippen LogP contribution in [-0.2, 0) is 19.6 Å². The van der Waals surface area contributed by atoms with E-state index in [0.29, 0.717) is 56.4 Å². The first-order valence-corrected chi connectivity index (χ1v) is 13.3. The van der Waals surface area contributed by atoms with Gasteiger partial charge in [-0.2, -0.15) is 9.57 Å². The highest BCUT2D eigenvalue weighted by molar-refractivity contribution is 7.89. The molecule has 9 nitrogen and oxygen atoms in total. The maximum atomic E-state index is 13.3. The molecule has 1 atom stereocenters. The van der Waals surface area contributed by atoms with Crippen molar-refractivity contribution >= 4 is 27.3 Å². The average Bonchev–Trinajstić information content (AvgIpc) is 2.90. The molecule has 2 aromatic carbocycles. The largest absolute Gasteiger partial charge is 0.481 e. The molecule has 1 N–H and O–H groups in total. The molecule has 2 aromatic rings. The number of nitrogens with one attached hydrogen (secondary N) is 1. The molecular weight excluding hydrogens is 468 g/mol. The van der Waals surface area contributed by atoms with Gasteiger partial charge in [0.1, 0.15) is 5.75 Å². The Labute approximate surface area is 206 Å².